The van der Waals surface area contributed by atoms with Crippen molar-refractivity contribution in [2.24, 2.45) is 5.92 Å². The maximum Gasteiger partial charge on any atom is 0.220 e. The summed E-state index contributed by atoms with van der Waals surface area (Å²) in [6.07, 6.45) is 9.58. The lowest BCUT2D eigenvalue weighted by Gasteiger charge is -2.21. The van der Waals surface area contributed by atoms with Gasteiger partial charge in [-0.15, -0.1) is 0 Å². The number of carbonyl (C=O) groups excluding carboxylic acids is 1. The predicted molar refractivity (Wildman–Crippen MR) is 76.8 cm³/mol. The fraction of sp³-hybridized carbons (Fsp3) is 0.667. The Bertz CT molecular complexity index is 341. The minimum atomic E-state index is 0.206. The van der Waals surface area contributed by atoms with Crippen LogP contribution < -0.4 is 5.32 Å². The second kappa shape index (κ2) is 7.57. The Labute approximate surface area is 114 Å². The van der Waals surface area contributed by atoms with E-state index in [0.29, 0.717) is 6.42 Å². The first kappa shape index (κ1) is 13.6. The van der Waals surface area contributed by atoms with Crippen molar-refractivity contribution < 1.29 is 4.79 Å². The first-order chi connectivity index (χ1) is 8.84. The summed E-state index contributed by atoms with van der Waals surface area (Å²) in [4.78, 5) is 11.7. The standard InChI is InChI=1S/C15H23NOS/c17-15(7-6-14-9-11-18-12-14)16-10-8-13-4-2-1-3-5-13/h9,11-13H,1-8,10H2,(H,16,17). The monoisotopic (exact) mass is 265 g/mol. The molecular weight excluding hydrogens is 242 g/mol. The minimum absolute atomic E-state index is 0.206. The van der Waals surface area contributed by atoms with E-state index >= 15 is 0 Å². The third-order valence-electron chi connectivity index (χ3n) is 3.82. The molecule has 0 spiro atoms. The molecule has 0 aromatic carbocycles. The molecule has 1 aliphatic carbocycles. The van der Waals surface area contributed by atoms with Crippen LogP contribution in [0.1, 0.15) is 50.5 Å². The van der Waals surface area contributed by atoms with Gasteiger partial charge in [-0.05, 0) is 41.1 Å². The first-order valence-corrected chi connectivity index (χ1v) is 8.06. The minimum Gasteiger partial charge on any atom is -0.356 e. The van der Waals surface area contributed by atoms with E-state index in [1.165, 1.54) is 44.1 Å². The van der Waals surface area contributed by atoms with Crippen molar-refractivity contribution in [3.8, 4) is 0 Å². The number of rotatable bonds is 6. The van der Waals surface area contributed by atoms with Gasteiger partial charge in [-0.1, -0.05) is 32.1 Å². The van der Waals surface area contributed by atoms with Gasteiger partial charge in [0.1, 0.15) is 0 Å². The van der Waals surface area contributed by atoms with Gasteiger partial charge in [0.25, 0.3) is 0 Å². The molecule has 1 N–H and O–H groups in total. The van der Waals surface area contributed by atoms with Crippen molar-refractivity contribution in [2.45, 2.75) is 51.4 Å². The summed E-state index contributed by atoms with van der Waals surface area (Å²) in [5.41, 5.74) is 1.28. The van der Waals surface area contributed by atoms with Gasteiger partial charge in [-0.3, -0.25) is 4.79 Å². The molecular formula is C15H23NOS. The largest absolute Gasteiger partial charge is 0.356 e. The highest BCUT2D eigenvalue weighted by Gasteiger charge is 2.13. The van der Waals surface area contributed by atoms with Crippen LogP contribution in [0.5, 0.6) is 0 Å². The summed E-state index contributed by atoms with van der Waals surface area (Å²) in [7, 11) is 0. The smallest absolute Gasteiger partial charge is 0.220 e. The van der Waals surface area contributed by atoms with Crippen LogP contribution in [0.3, 0.4) is 0 Å². The molecule has 3 heteroatoms. The Balaban J connectivity index is 1.54. The van der Waals surface area contributed by atoms with Crippen LogP contribution in [0.25, 0.3) is 0 Å². The molecule has 0 bridgehead atoms. The molecule has 1 aromatic heterocycles. The predicted octanol–water partition coefficient (Wildman–Crippen LogP) is 3.77. The third-order valence-corrected chi connectivity index (χ3v) is 4.55. The van der Waals surface area contributed by atoms with Crippen molar-refractivity contribution in [1.82, 2.24) is 5.32 Å². The molecule has 0 aliphatic heterocycles. The molecule has 0 atom stereocenters. The molecule has 0 unspecified atom stereocenters. The molecule has 1 aromatic rings. The molecule has 18 heavy (non-hydrogen) atoms. The second-order valence-electron chi connectivity index (χ2n) is 5.27. The number of aryl methyl sites for hydroxylation is 1. The quantitative estimate of drug-likeness (QED) is 0.833. The van der Waals surface area contributed by atoms with Crippen molar-refractivity contribution >= 4 is 17.2 Å². The number of hydrogen-bond donors (Lipinski definition) is 1. The van der Waals surface area contributed by atoms with E-state index in [0.717, 1.165) is 18.9 Å². The Kier molecular flexibility index (Phi) is 5.72. The van der Waals surface area contributed by atoms with E-state index in [9.17, 15) is 4.79 Å². The molecule has 1 saturated carbocycles. The summed E-state index contributed by atoms with van der Waals surface area (Å²) < 4.78 is 0. The van der Waals surface area contributed by atoms with E-state index in [4.69, 9.17) is 0 Å². The van der Waals surface area contributed by atoms with Gasteiger partial charge in [-0.25, -0.2) is 0 Å². The topological polar surface area (TPSA) is 29.1 Å². The highest BCUT2D eigenvalue weighted by molar-refractivity contribution is 7.07. The van der Waals surface area contributed by atoms with E-state index in [1.54, 1.807) is 11.3 Å². The fourth-order valence-electron chi connectivity index (χ4n) is 2.67. The average Bonchev–Trinajstić information content (AvgIpc) is 2.91. The van der Waals surface area contributed by atoms with Crippen molar-refractivity contribution in [3.63, 3.8) is 0 Å². The van der Waals surface area contributed by atoms with Gasteiger partial charge in [0.05, 0.1) is 0 Å². The van der Waals surface area contributed by atoms with Crippen LogP contribution in [0, 0.1) is 5.92 Å². The van der Waals surface area contributed by atoms with Gasteiger partial charge in [-0.2, -0.15) is 11.3 Å². The number of thiophene rings is 1. The van der Waals surface area contributed by atoms with Crippen LogP contribution in [-0.4, -0.2) is 12.5 Å². The molecule has 0 saturated heterocycles. The lowest BCUT2D eigenvalue weighted by atomic mass is 9.87. The zero-order chi connectivity index (χ0) is 12.6. The number of hydrogen-bond acceptors (Lipinski definition) is 2. The Hall–Kier alpha value is -0.830. The summed E-state index contributed by atoms with van der Waals surface area (Å²) >= 11 is 1.70. The van der Waals surface area contributed by atoms with Crippen LogP contribution in [-0.2, 0) is 11.2 Å². The average molecular weight is 265 g/mol. The number of carbonyl (C=O) groups is 1. The van der Waals surface area contributed by atoms with Crippen molar-refractivity contribution in [3.05, 3.63) is 22.4 Å². The van der Waals surface area contributed by atoms with Gasteiger partial charge < -0.3 is 5.32 Å². The Morgan fingerprint density at radius 2 is 2.17 bits per heavy atom. The molecule has 1 amide bonds. The van der Waals surface area contributed by atoms with E-state index in [1.807, 2.05) is 0 Å². The van der Waals surface area contributed by atoms with Crippen LogP contribution in [0.15, 0.2) is 16.8 Å². The van der Waals surface area contributed by atoms with E-state index < -0.39 is 0 Å². The summed E-state index contributed by atoms with van der Waals surface area (Å²) in [5.74, 6) is 1.06. The van der Waals surface area contributed by atoms with E-state index in [2.05, 4.69) is 22.1 Å². The molecule has 0 radical (unpaired) electrons. The summed E-state index contributed by atoms with van der Waals surface area (Å²) in [5, 5.41) is 7.24. The normalized spacial score (nSPS) is 16.7. The number of amides is 1. The summed E-state index contributed by atoms with van der Waals surface area (Å²) in [6.45, 7) is 0.868. The van der Waals surface area contributed by atoms with Crippen LogP contribution in [0.4, 0.5) is 0 Å². The summed E-state index contributed by atoms with van der Waals surface area (Å²) in [6, 6.07) is 2.10. The maximum atomic E-state index is 11.7. The molecule has 1 heterocycles. The zero-order valence-corrected chi connectivity index (χ0v) is 11.8. The van der Waals surface area contributed by atoms with Crippen molar-refractivity contribution in [1.29, 1.82) is 0 Å². The fourth-order valence-corrected chi connectivity index (χ4v) is 3.38. The molecule has 1 fully saturated rings. The third kappa shape index (κ3) is 4.81. The second-order valence-corrected chi connectivity index (χ2v) is 6.05. The van der Waals surface area contributed by atoms with E-state index in [-0.39, 0.29) is 5.91 Å². The molecule has 1 aliphatic rings. The van der Waals surface area contributed by atoms with Gasteiger partial charge in [0.2, 0.25) is 5.91 Å². The van der Waals surface area contributed by atoms with Gasteiger partial charge in [0, 0.05) is 13.0 Å². The first-order valence-electron chi connectivity index (χ1n) is 7.12. The molecule has 100 valence electrons. The number of nitrogens with one attached hydrogen (secondary N) is 1. The van der Waals surface area contributed by atoms with Crippen LogP contribution >= 0.6 is 11.3 Å². The van der Waals surface area contributed by atoms with Gasteiger partial charge >= 0.3 is 0 Å². The Morgan fingerprint density at radius 1 is 1.33 bits per heavy atom. The zero-order valence-electron chi connectivity index (χ0n) is 11.0. The SMILES string of the molecule is O=C(CCc1ccsc1)NCCC1CCCCC1. The van der Waals surface area contributed by atoms with Gasteiger partial charge in [0.15, 0.2) is 0 Å². The molecule has 2 nitrogen and oxygen atoms in total. The van der Waals surface area contributed by atoms with Crippen molar-refractivity contribution in [2.75, 3.05) is 6.54 Å². The molecule has 2 rings (SSSR count). The Morgan fingerprint density at radius 3 is 2.89 bits per heavy atom. The maximum absolute atomic E-state index is 11.7. The highest BCUT2D eigenvalue weighted by atomic mass is 32.1. The highest BCUT2D eigenvalue weighted by Crippen LogP contribution is 2.25. The lowest BCUT2D eigenvalue weighted by Crippen LogP contribution is -2.26. The van der Waals surface area contributed by atoms with Crippen LogP contribution in [0.2, 0.25) is 0 Å². The lowest BCUT2D eigenvalue weighted by molar-refractivity contribution is -0.121.